The molecule has 0 radical (unpaired) electrons. The summed E-state index contributed by atoms with van der Waals surface area (Å²) in [5.41, 5.74) is -0.574. The summed E-state index contributed by atoms with van der Waals surface area (Å²) < 4.78 is 4.79. The molecule has 0 saturated heterocycles. The van der Waals surface area contributed by atoms with E-state index >= 15 is 0 Å². The third-order valence-electron chi connectivity index (χ3n) is 2.30. The number of aromatic nitrogens is 1. The molecule has 0 aliphatic rings. The van der Waals surface area contributed by atoms with E-state index in [1.165, 1.54) is 6.20 Å². The average molecular weight is 255 g/mol. The SMILES string of the molecule is CC(C)(C)[C@@H](NC(=O)NCc1ccno1)C(=O)O. The van der Waals surface area contributed by atoms with Crippen molar-refractivity contribution in [3.63, 3.8) is 0 Å². The quantitative estimate of drug-likeness (QED) is 0.743. The number of nitrogens with one attached hydrogen (secondary N) is 2. The summed E-state index contributed by atoms with van der Waals surface area (Å²) >= 11 is 0. The summed E-state index contributed by atoms with van der Waals surface area (Å²) in [6.45, 7) is 5.37. The van der Waals surface area contributed by atoms with Gasteiger partial charge in [0.25, 0.3) is 0 Å². The second kappa shape index (κ2) is 5.52. The van der Waals surface area contributed by atoms with Gasteiger partial charge in [0.15, 0.2) is 5.76 Å². The van der Waals surface area contributed by atoms with Crippen molar-refractivity contribution < 1.29 is 19.2 Å². The maximum atomic E-state index is 11.6. The van der Waals surface area contributed by atoms with Crippen molar-refractivity contribution in [2.24, 2.45) is 5.41 Å². The molecule has 0 aromatic carbocycles. The van der Waals surface area contributed by atoms with Gasteiger partial charge in [-0.3, -0.25) is 0 Å². The Morgan fingerprint density at radius 2 is 2.17 bits per heavy atom. The van der Waals surface area contributed by atoms with Crippen LogP contribution < -0.4 is 10.6 Å². The number of amides is 2. The summed E-state index contributed by atoms with van der Waals surface area (Å²) in [7, 11) is 0. The molecule has 7 nitrogen and oxygen atoms in total. The number of carbonyl (C=O) groups excluding carboxylic acids is 1. The lowest BCUT2D eigenvalue weighted by Crippen LogP contribution is -2.52. The summed E-state index contributed by atoms with van der Waals surface area (Å²) in [4.78, 5) is 22.6. The standard InChI is InChI=1S/C11H17N3O4/c1-11(2,3)8(9(15)16)14-10(17)12-6-7-4-5-13-18-7/h4-5,8H,6H2,1-3H3,(H,15,16)(H2,12,14,17)/t8-/m0/s1. The van der Waals surface area contributed by atoms with Crippen LogP contribution >= 0.6 is 0 Å². The molecule has 7 heteroatoms. The lowest BCUT2D eigenvalue weighted by molar-refractivity contribution is -0.141. The van der Waals surface area contributed by atoms with Crippen molar-refractivity contribution in [1.29, 1.82) is 0 Å². The molecule has 0 fully saturated rings. The molecule has 0 bridgehead atoms. The van der Waals surface area contributed by atoms with E-state index < -0.39 is 23.5 Å². The molecule has 100 valence electrons. The number of carboxylic acids is 1. The van der Waals surface area contributed by atoms with Crippen LogP contribution in [-0.4, -0.2) is 28.3 Å². The number of carbonyl (C=O) groups is 2. The van der Waals surface area contributed by atoms with E-state index in [0.717, 1.165) is 0 Å². The second-order valence-corrected chi connectivity index (χ2v) is 4.94. The summed E-state index contributed by atoms with van der Waals surface area (Å²) in [6, 6.07) is 0.0829. The van der Waals surface area contributed by atoms with Crippen LogP contribution in [0.3, 0.4) is 0 Å². The number of carboxylic acid groups (broad SMARTS) is 1. The molecule has 0 aliphatic carbocycles. The number of urea groups is 1. The first-order valence-electron chi connectivity index (χ1n) is 5.47. The van der Waals surface area contributed by atoms with Crippen LogP contribution in [0.25, 0.3) is 0 Å². The fourth-order valence-electron chi connectivity index (χ4n) is 1.33. The van der Waals surface area contributed by atoms with Crippen LogP contribution in [0.2, 0.25) is 0 Å². The molecule has 3 N–H and O–H groups in total. The van der Waals surface area contributed by atoms with Crippen molar-refractivity contribution >= 4 is 12.0 Å². The van der Waals surface area contributed by atoms with Crippen LogP contribution in [0.1, 0.15) is 26.5 Å². The molecule has 0 unspecified atom stereocenters. The lowest BCUT2D eigenvalue weighted by Gasteiger charge is -2.27. The molecule has 1 atom stereocenters. The summed E-state index contributed by atoms with van der Waals surface area (Å²) in [5, 5.41) is 17.4. The monoisotopic (exact) mass is 255 g/mol. The van der Waals surface area contributed by atoms with Gasteiger partial charge in [-0.1, -0.05) is 25.9 Å². The molecule has 1 aromatic heterocycles. The Labute approximate surface area is 105 Å². The zero-order valence-electron chi connectivity index (χ0n) is 10.6. The first-order chi connectivity index (χ1) is 8.30. The van der Waals surface area contributed by atoms with Crippen molar-refractivity contribution in [3.8, 4) is 0 Å². The van der Waals surface area contributed by atoms with Gasteiger partial charge < -0.3 is 20.3 Å². The molecule has 1 heterocycles. The Morgan fingerprint density at radius 1 is 1.50 bits per heavy atom. The average Bonchev–Trinajstić information content (AvgIpc) is 2.73. The third kappa shape index (κ3) is 4.08. The van der Waals surface area contributed by atoms with Crippen molar-refractivity contribution in [3.05, 3.63) is 18.0 Å². The molecule has 0 saturated carbocycles. The van der Waals surface area contributed by atoms with Gasteiger partial charge in [0.2, 0.25) is 0 Å². The molecular formula is C11H17N3O4. The summed E-state index contributed by atoms with van der Waals surface area (Å²) in [5.74, 6) is -0.579. The Hall–Kier alpha value is -2.05. The molecule has 0 spiro atoms. The van der Waals surface area contributed by atoms with E-state index in [-0.39, 0.29) is 6.54 Å². The minimum absolute atomic E-state index is 0.155. The van der Waals surface area contributed by atoms with Crippen LogP contribution in [-0.2, 0) is 11.3 Å². The van der Waals surface area contributed by atoms with Gasteiger partial charge in [0, 0.05) is 6.07 Å². The molecule has 1 rings (SSSR count). The second-order valence-electron chi connectivity index (χ2n) is 4.94. The Balaban J connectivity index is 2.49. The van der Waals surface area contributed by atoms with Crippen LogP contribution in [0.4, 0.5) is 4.79 Å². The molecule has 2 amide bonds. The van der Waals surface area contributed by atoms with Gasteiger partial charge in [0.05, 0.1) is 12.7 Å². The fourth-order valence-corrected chi connectivity index (χ4v) is 1.33. The van der Waals surface area contributed by atoms with E-state index in [2.05, 4.69) is 15.8 Å². The number of nitrogens with zero attached hydrogens (tertiary/aromatic N) is 1. The predicted molar refractivity (Wildman–Crippen MR) is 62.8 cm³/mol. The largest absolute Gasteiger partial charge is 0.480 e. The number of hydrogen-bond acceptors (Lipinski definition) is 4. The molecule has 1 aromatic rings. The first kappa shape index (κ1) is 14.0. The van der Waals surface area contributed by atoms with Crippen LogP contribution in [0.15, 0.2) is 16.8 Å². The minimum Gasteiger partial charge on any atom is -0.480 e. The van der Waals surface area contributed by atoms with Crippen molar-refractivity contribution in [1.82, 2.24) is 15.8 Å². The van der Waals surface area contributed by atoms with E-state index in [4.69, 9.17) is 9.63 Å². The van der Waals surface area contributed by atoms with E-state index in [1.807, 2.05) is 0 Å². The third-order valence-corrected chi connectivity index (χ3v) is 2.30. The number of aliphatic carboxylic acids is 1. The van der Waals surface area contributed by atoms with Crippen LogP contribution in [0.5, 0.6) is 0 Å². The van der Waals surface area contributed by atoms with Crippen molar-refractivity contribution in [2.45, 2.75) is 33.4 Å². The highest BCUT2D eigenvalue weighted by atomic mass is 16.5. The number of hydrogen-bond donors (Lipinski definition) is 3. The van der Waals surface area contributed by atoms with Gasteiger partial charge >= 0.3 is 12.0 Å². The highest BCUT2D eigenvalue weighted by Crippen LogP contribution is 2.19. The molecule has 0 aliphatic heterocycles. The fraction of sp³-hybridized carbons (Fsp3) is 0.545. The van der Waals surface area contributed by atoms with E-state index in [9.17, 15) is 9.59 Å². The smallest absolute Gasteiger partial charge is 0.326 e. The van der Waals surface area contributed by atoms with Crippen molar-refractivity contribution in [2.75, 3.05) is 0 Å². The highest BCUT2D eigenvalue weighted by Gasteiger charge is 2.32. The zero-order chi connectivity index (χ0) is 13.8. The predicted octanol–water partition coefficient (Wildman–Crippen LogP) is 0.973. The Bertz CT molecular complexity index is 408. The van der Waals surface area contributed by atoms with Gasteiger partial charge in [-0.2, -0.15) is 0 Å². The number of rotatable bonds is 4. The maximum Gasteiger partial charge on any atom is 0.326 e. The lowest BCUT2D eigenvalue weighted by atomic mass is 9.87. The maximum absolute atomic E-state index is 11.6. The molecular weight excluding hydrogens is 238 g/mol. The normalized spacial score (nSPS) is 12.8. The topological polar surface area (TPSA) is 104 Å². The minimum atomic E-state index is -1.07. The summed E-state index contributed by atoms with van der Waals surface area (Å²) in [6.07, 6.45) is 1.46. The molecule has 18 heavy (non-hydrogen) atoms. The van der Waals surface area contributed by atoms with E-state index in [1.54, 1.807) is 26.8 Å². The van der Waals surface area contributed by atoms with Gasteiger partial charge in [-0.25, -0.2) is 9.59 Å². The highest BCUT2D eigenvalue weighted by molar-refractivity contribution is 5.83. The van der Waals surface area contributed by atoms with Gasteiger partial charge in [-0.15, -0.1) is 0 Å². The van der Waals surface area contributed by atoms with Crippen LogP contribution in [0, 0.1) is 5.41 Å². The Morgan fingerprint density at radius 3 is 2.61 bits per heavy atom. The zero-order valence-corrected chi connectivity index (χ0v) is 10.6. The van der Waals surface area contributed by atoms with Gasteiger partial charge in [0.1, 0.15) is 6.04 Å². The first-order valence-corrected chi connectivity index (χ1v) is 5.47. The van der Waals surface area contributed by atoms with E-state index in [0.29, 0.717) is 5.76 Å². The Kier molecular flexibility index (Phi) is 4.30. The van der Waals surface area contributed by atoms with Gasteiger partial charge in [-0.05, 0) is 5.41 Å².